The molecule has 1 fully saturated rings. The highest BCUT2D eigenvalue weighted by Gasteiger charge is 2.31. The van der Waals surface area contributed by atoms with E-state index < -0.39 is 14.0 Å². The van der Waals surface area contributed by atoms with Crippen LogP contribution in [0.4, 0.5) is 16.8 Å². The number of thiazole rings is 2. The first-order chi connectivity index (χ1) is 25.0. The van der Waals surface area contributed by atoms with Gasteiger partial charge >= 0.3 is 5.97 Å². The summed E-state index contributed by atoms with van der Waals surface area (Å²) in [5.41, 5.74) is 3.27. The van der Waals surface area contributed by atoms with Gasteiger partial charge in [-0.1, -0.05) is 73.4 Å². The zero-order chi connectivity index (χ0) is 36.8. The van der Waals surface area contributed by atoms with E-state index in [1.807, 2.05) is 72.3 Å². The monoisotopic (exact) mass is 757 g/mol. The van der Waals surface area contributed by atoms with Crippen LogP contribution in [-0.2, 0) is 27.4 Å². The molecule has 0 unspecified atom stereocenters. The summed E-state index contributed by atoms with van der Waals surface area (Å²) in [6, 6.07) is 21.1. The molecule has 14 heteroatoms. The van der Waals surface area contributed by atoms with Crippen LogP contribution >= 0.6 is 22.7 Å². The number of aryl methyl sites for hydroxylation is 1. The molecule has 0 radical (unpaired) electrons. The molecule has 1 amide bonds. The van der Waals surface area contributed by atoms with E-state index in [9.17, 15) is 9.59 Å². The number of rotatable bonds is 13. The molecule has 52 heavy (non-hydrogen) atoms. The van der Waals surface area contributed by atoms with Gasteiger partial charge in [-0.3, -0.25) is 9.36 Å². The summed E-state index contributed by atoms with van der Waals surface area (Å²) >= 11 is 3.07. The molecule has 5 aromatic rings. The summed E-state index contributed by atoms with van der Waals surface area (Å²) in [5, 5.41) is 9.72. The molecule has 3 aromatic heterocycles. The minimum Gasteiger partial charge on any atom is -0.461 e. The number of carbonyl (C=O) groups excluding carboxylic acids is 2. The molecule has 2 aromatic carbocycles. The highest BCUT2D eigenvalue weighted by molar-refractivity contribution is 7.16. The van der Waals surface area contributed by atoms with Gasteiger partial charge in [-0.2, -0.15) is 4.99 Å². The van der Waals surface area contributed by atoms with Crippen molar-refractivity contribution in [2.75, 3.05) is 38.3 Å². The number of ether oxygens (including phenoxy) is 2. The summed E-state index contributed by atoms with van der Waals surface area (Å²) in [7, 11) is 0.666. The molecular formula is C38H47N7O4S2Si. The number of anilines is 2. The minimum atomic E-state index is -1.21. The van der Waals surface area contributed by atoms with E-state index in [4.69, 9.17) is 19.5 Å². The Bertz CT molecular complexity index is 2080. The van der Waals surface area contributed by atoms with Crippen molar-refractivity contribution in [3.63, 3.8) is 0 Å². The normalized spacial score (nSPS) is 14.3. The number of fused-ring (bicyclic) bond motifs is 1. The van der Waals surface area contributed by atoms with E-state index >= 15 is 0 Å². The number of para-hydroxylation sites is 1. The van der Waals surface area contributed by atoms with Crippen molar-refractivity contribution in [3.05, 3.63) is 87.2 Å². The molecule has 0 atom stereocenters. The summed E-state index contributed by atoms with van der Waals surface area (Å²) in [6.07, 6.45) is 1.88. The molecule has 4 heterocycles. The summed E-state index contributed by atoms with van der Waals surface area (Å²) in [5.74, 6) is 0.888. The van der Waals surface area contributed by atoms with E-state index in [1.165, 1.54) is 11.3 Å². The maximum Gasteiger partial charge on any atom is 0.358 e. The number of hydrogen-bond acceptors (Lipinski definition) is 11. The van der Waals surface area contributed by atoms with Crippen LogP contribution < -0.4 is 9.70 Å². The van der Waals surface area contributed by atoms with Crippen molar-refractivity contribution in [1.82, 2.24) is 24.6 Å². The van der Waals surface area contributed by atoms with Gasteiger partial charge in [-0.25, -0.2) is 9.78 Å². The quantitative estimate of drug-likeness (QED) is 0.0683. The van der Waals surface area contributed by atoms with Gasteiger partial charge in [0.15, 0.2) is 27.3 Å². The average molecular weight is 758 g/mol. The fourth-order valence-electron chi connectivity index (χ4n) is 6.05. The van der Waals surface area contributed by atoms with Crippen LogP contribution in [0.1, 0.15) is 52.2 Å². The first kappa shape index (κ1) is 37.5. The Kier molecular flexibility index (Phi) is 12.0. The van der Waals surface area contributed by atoms with E-state index in [0.717, 1.165) is 56.5 Å². The molecule has 11 nitrogen and oxygen atoms in total. The van der Waals surface area contributed by atoms with Crippen molar-refractivity contribution in [2.24, 2.45) is 4.99 Å². The number of carbonyl (C=O) groups is 2. The zero-order valence-corrected chi connectivity index (χ0v) is 33.4. The van der Waals surface area contributed by atoms with E-state index in [2.05, 4.69) is 46.5 Å². The molecular weight excluding hydrogens is 711 g/mol. The Morgan fingerprint density at radius 1 is 1.02 bits per heavy atom. The Balaban J connectivity index is 1.20. The van der Waals surface area contributed by atoms with Gasteiger partial charge in [0.1, 0.15) is 6.73 Å². The Morgan fingerprint density at radius 3 is 2.46 bits per heavy atom. The molecule has 1 saturated heterocycles. The number of benzene rings is 2. The molecule has 1 aliphatic heterocycles. The lowest BCUT2D eigenvalue weighted by molar-refractivity contribution is -0.131. The van der Waals surface area contributed by atoms with Crippen molar-refractivity contribution in [1.29, 1.82) is 0 Å². The van der Waals surface area contributed by atoms with Crippen LogP contribution in [0, 0.1) is 6.92 Å². The SMILES string of the molecule is CCOC(=O)c1nc(N(C)c2cc(C)c(/N=c3\sc4ccccc4n3COCC[Si](C)(C)C)nn2)sc1C1CCN(C(=O)Cc2ccccc2)CC1. The lowest BCUT2D eigenvalue weighted by Gasteiger charge is -2.32. The fourth-order valence-corrected chi connectivity index (χ4v) is 9.02. The second kappa shape index (κ2) is 16.6. The smallest absolute Gasteiger partial charge is 0.358 e. The maximum absolute atomic E-state index is 13.1. The van der Waals surface area contributed by atoms with Gasteiger partial charge in [-0.05, 0) is 68.0 Å². The number of nitrogens with zero attached hydrogens (tertiary/aromatic N) is 7. The molecule has 6 rings (SSSR count). The molecule has 0 spiro atoms. The lowest BCUT2D eigenvalue weighted by Crippen LogP contribution is -2.38. The van der Waals surface area contributed by atoms with Gasteiger partial charge < -0.3 is 19.3 Å². The van der Waals surface area contributed by atoms with Crippen molar-refractivity contribution in [2.45, 2.75) is 71.4 Å². The third-order valence-electron chi connectivity index (χ3n) is 9.11. The lowest BCUT2D eigenvalue weighted by atomic mass is 9.93. The second-order valence-electron chi connectivity index (χ2n) is 14.3. The number of esters is 1. The van der Waals surface area contributed by atoms with Gasteiger partial charge in [0, 0.05) is 39.7 Å². The van der Waals surface area contributed by atoms with Crippen molar-refractivity contribution < 1.29 is 19.1 Å². The molecule has 0 N–H and O–H groups in total. The fraction of sp³-hybridized carbons (Fsp3) is 0.421. The van der Waals surface area contributed by atoms with Crippen LogP contribution in [0.5, 0.6) is 0 Å². The van der Waals surface area contributed by atoms with Crippen LogP contribution in [-0.4, -0.2) is 77.9 Å². The zero-order valence-electron chi connectivity index (χ0n) is 30.8. The van der Waals surface area contributed by atoms with Gasteiger partial charge in [0.2, 0.25) is 5.91 Å². The van der Waals surface area contributed by atoms with Crippen LogP contribution in [0.2, 0.25) is 25.7 Å². The van der Waals surface area contributed by atoms with Crippen molar-refractivity contribution >= 4 is 69.6 Å². The van der Waals surface area contributed by atoms with E-state index in [0.29, 0.717) is 48.7 Å². The third kappa shape index (κ3) is 9.03. The predicted octanol–water partition coefficient (Wildman–Crippen LogP) is 7.70. The average Bonchev–Trinajstić information content (AvgIpc) is 3.73. The number of aromatic nitrogens is 4. The second-order valence-corrected chi connectivity index (χ2v) is 21.9. The Labute approximate surface area is 314 Å². The largest absolute Gasteiger partial charge is 0.461 e. The van der Waals surface area contributed by atoms with Gasteiger partial charge in [0.05, 0.1) is 23.2 Å². The molecule has 0 saturated carbocycles. The maximum atomic E-state index is 13.1. The van der Waals surface area contributed by atoms with E-state index in [1.54, 1.807) is 18.3 Å². The first-order valence-corrected chi connectivity index (χ1v) is 23.1. The summed E-state index contributed by atoms with van der Waals surface area (Å²) in [6.45, 7) is 13.5. The van der Waals surface area contributed by atoms with Crippen molar-refractivity contribution in [3.8, 4) is 0 Å². The molecule has 274 valence electrons. The topological polar surface area (TPSA) is 115 Å². The highest BCUT2D eigenvalue weighted by atomic mass is 32.1. The number of hydrogen-bond donors (Lipinski definition) is 0. The van der Waals surface area contributed by atoms with Crippen LogP contribution in [0.15, 0.2) is 65.7 Å². The van der Waals surface area contributed by atoms with Gasteiger partial charge in [-0.15, -0.1) is 21.5 Å². The Morgan fingerprint density at radius 2 is 1.75 bits per heavy atom. The molecule has 0 bridgehead atoms. The van der Waals surface area contributed by atoms with Gasteiger partial charge in [0.25, 0.3) is 0 Å². The standard InChI is InChI=1S/C38H47N7O4S2Si/c1-7-49-36(47)33-34(28-17-19-44(20-18-28)32(46)24-27-13-9-8-10-14-27)51-37(39-33)43(3)31-23-26(2)35(42-41-31)40-38-45(25-48-21-22-52(4,5)6)29-15-11-12-16-30(29)50-38/h8-16,23,28H,7,17-22,24-25H2,1-6H3/b40-38-. The van der Waals surface area contributed by atoms with Crippen LogP contribution in [0.3, 0.4) is 0 Å². The molecule has 0 aliphatic carbocycles. The van der Waals surface area contributed by atoms with E-state index in [-0.39, 0.29) is 18.4 Å². The van der Waals surface area contributed by atoms with Crippen LogP contribution in [0.25, 0.3) is 10.2 Å². The minimum absolute atomic E-state index is 0.0846. The highest BCUT2D eigenvalue weighted by Crippen LogP contribution is 2.39. The third-order valence-corrected chi connectivity index (χ3v) is 13.2. The molecule has 1 aliphatic rings. The number of amides is 1. The summed E-state index contributed by atoms with van der Waals surface area (Å²) < 4.78 is 14.8. The first-order valence-electron chi connectivity index (χ1n) is 17.8. The number of likely N-dealkylation sites (tertiary alicyclic amines) is 1. The Hall–Kier alpha value is -4.24. The number of piperidine rings is 1. The summed E-state index contributed by atoms with van der Waals surface area (Å²) in [4.78, 5) is 41.4. The predicted molar refractivity (Wildman–Crippen MR) is 211 cm³/mol.